The summed E-state index contributed by atoms with van der Waals surface area (Å²) in [5.74, 6) is 0.581. The largest absolute Gasteiger partial charge is 0.481 e. The van der Waals surface area contributed by atoms with E-state index >= 15 is 0 Å². The molecule has 0 saturated carbocycles. The average molecular weight is 298 g/mol. The quantitative estimate of drug-likeness (QED) is 0.890. The highest BCUT2D eigenvalue weighted by molar-refractivity contribution is 7.10. The molecule has 0 bridgehead atoms. The van der Waals surface area contributed by atoms with Crippen LogP contribution < -0.4 is 10.1 Å². The zero-order valence-electron chi connectivity index (χ0n) is 10.9. The number of aromatic nitrogens is 2. The molecule has 2 aromatic rings. The Labute approximate surface area is 121 Å². The Kier molecular flexibility index (Phi) is 5.13. The molecular formula is C13H16ClN3OS. The topological polar surface area (TPSA) is 47.0 Å². The van der Waals surface area contributed by atoms with Crippen molar-refractivity contribution in [1.29, 1.82) is 0 Å². The minimum atomic E-state index is 0.164. The van der Waals surface area contributed by atoms with Gasteiger partial charge in [-0.2, -0.15) is 0 Å². The molecule has 0 fully saturated rings. The van der Waals surface area contributed by atoms with E-state index in [9.17, 15) is 0 Å². The molecular weight excluding hydrogens is 282 g/mol. The van der Waals surface area contributed by atoms with Gasteiger partial charge in [0.1, 0.15) is 6.33 Å². The van der Waals surface area contributed by atoms with Gasteiger partial charge in [0.05, 0.1) is 12.1 Å². The van der Waals surface area contributed by atoms with E-state index in [1.54, 1.807) is 18.4 Å². The molecule has 6 heteroatoms. The molecule has 0 aliphatic heterocycles. The van der Waals surface area contributed by atoms with Crippen LogP contribution in [0.5, 0.6) is 5.88 Å². The number of likely N-dealkylation sites (N-methyl/N-ethyl adjacent to an activating group) is 1. The van der Waals surface area contributed by atoms with Crippen LogP contribution >= 0.6 is 22.9 Å². The molecule has 4 nitrogen and oxygen atoms in total. The lowest BCUT2D eigenvalue weighted by atomic mass is 10.1. The standard InChI is InChI=1S/C13H16ClN3OS/c1-3-15-11(13-10(14)4-5-19-13)6-9-7-12(18-2)17-8-16-9/h4-5,7-8,11,15H,3,6H2,1-2H3. The molecule has 0 aliphatic rings. The monoisotopic (exact) mass is 297 g/mol. The molecule has 1 unspecified atom stereocenters. The van der Waals surface area contributed by atoms with Crippen molar-refractivity contribution < 1.29 is 4.74 Å². The van der Waals surface area contributed by atoms with Crippen LogP contribution in [0.1, 0.15) is 23.5 Å². The van der Waals surface area contributed by atoms with Crippen molar-refractivity contribution >= 4 is 22.9 Å². The van der Waals surface area contributed by atoms with Gasteiger partial charge < -0.3 is 10.1 Å². The second kappa shape index (κ2) is 6.84. The highest BCUT2D eigenvalue weighted by atomic mass is 35.5. The fourth-order valence-electron chi connectivity index (χ4n) is 1.87. The number of methoxy groups -OCH3 is 1. The number of hydrogen-bond donors (Lipinski definition) is 1. The Bertz CT molecular complexity index is 532. The van der Waals surface area contributed by atoms with E-state index < -0.39 is 0 Å². The molecule has 0 amide bonds. The zero-order valence-corrected chi connectivity index (χ0v) is 12.5. The molecule has 0 aromatic carbocycles. The van der Waals surface area contributed by atoms with Crippen LogP contribution in [-0.2, 0) is 6.42 Å². The molecule has 0 radical (unpaired) electrons. The average Bonchev–Trinajstić information content (AvgIpc) is 2.85. The number of hydrogen-bond acceptors (Lipinski definition) is 5. The second-order valence-electron chi connectivity index (χ2n) is 4.00. The van der Waals surface area contributed by atoms with Crippen LogP contribution in [0.2, 0.25) is 5.02 Å². The summed E-state index contributed by atoms with van der Waals surface area (Å²) in [4.78, 5) is 9.43. The Morgan fingerprint density at radius 2 is 2.32 bits per heavy atom. The second-order valence-corrected chi connectivity index (χ2v) is 5.35. The van der Waals surface area contributed by atoms with Crippen LogP contribution in [0.15, 0.2) is 23.8 Å². The molecule has 1 N–H and O–H groups in total. The molecule has 0 saturated heterocycles. The van der Waals surface area contributed by atoms with Crippen molar-refractivity contribution in [2.45, 2.75) is 19.4 Å². The molecule has 19 heavy (non-hydrogen) atoms. The first-order valence-corrected chi connectivity index (χ1v) is 7.31. The van der Waals surface area contributed by atoms with Gasteiger partial charge in [0.15, 0.2) is 0 Å². The molecule has 0 aliphatic carbocycles. The van der Waals surface area contributed by atoms with E-state index in [1.807, 2.05) is 17.5 Å². The van der Waals surface area contributed by atoms with Gasteiger partial charge in [-0.1, -0.05) is 18.5 Å². The number of ether oxygens (including phenoxy) is 1. The van der Waals surface area contributed by atoms with E-state index in [1.165, 1.54) is 6.33 Å². The number of halogens is 1. The summed E-state index contributed by atoms with van der Waals surface area (Å²) in [6.07, 6.45) is 2.28. The third-order valence-corrected chi connectivity index (χ3v) is 4.20. The third kappa shape index (κ3) is 3.65. The molecule has 2 aromatic heterocycles. The maximum Gasteiger partial charge on any atom is 0.216 e. The molecule has 2 heterocycles. The van der Waals surface area contributed by atoms with Crippen LogP contribution in [-0.4, -0.2) is 23.6 Å². The minimum absolute atomic E-state index is 0.164. The SMILES string of the molecule is CCNC(Cc1cc(OC)ncn1)c1sccc1Cl. The fourth-order valence-corrected chi connectivity index (χ4v) is 3.13. The predicted octanol–water partition coefficient (Wildman–Crippen LogP) is 3.09. The Hall–Kier alpha value is -1.17. The summed E-state index contributed by atoms with van der Waals surface area (Å²) >= 11 is 7.87. The lowest BCUT2D eigenvalue weighted by Gasteiger charge is -2.16. The zero-order chi connectivity index (χ0) is 13.7. The van der Waals surface area contributed by atoms with Crippen LogP contribution in [0, 0.1) is 0 Å². The molecule has 102 valence electrons. The summed E-state index contributed by atoms with van der Waals surface area (Å²) in [7, 11) is 1.60. The van der Waals surface area contributed by atoms with Crippen LogP contribution in [0.4, 0.5) is 0 Å². The van der Waals surface area contributed by atoms with Gasteiger partial charge in [-0.15, -0.1) is 11.3 Å². The summed E-state index contributed by atoms with van der Waals surface area (Å²) in [6.45, 7) is 2.95. The maximum atomic E-state index is 6.21. The van der Waals surface area contributed by atoms with Gasteiger partial charge >= 0.3 is 0 Å². The van der Waals surface area contributed by atoms with Gasteiger partial charge in [-0.3, -0.25) is 0 Å². The Morgan fingerprint density at radius 3 is 2.95 bits per heavy atom. The smallest absolute Gasteiger partial charge is 0.216 e. The molecule has 0 spiro atoms. The maximum absolute atomic E-state index is 6.21. The predicted molar refractivity (Wildman–Crippen MR) is 78.0 cm³/mol. The van der Waals surface area contributed by atoms with E-state index in [0.717, 1.165) is 28.6 Å². The van der Waals surface area contributed by atoms with E-state index in [4.69, 9.17) is 16.3 Å². The lowest BCUT2D eigenvalue weighted by Crippen LogP contribution is -2.22. The van der Waals surface area contributed by atoms with Crippen LogP contribution in [0.3, 0.4) is 0 Å². The number of thiophene rings is 1. The molecule has 2 rings (SSSR count). The minimum Gasteiger partial charge on any atom is -0.481 e. The van der Waals surface area contributed by atoms with E-state index in [-0.39, 0.29) is 6.04 Å². The Balaban J connectivity index is 2.18. The first-order chi connectivity index (χ1) is 9.24. The summed E-state index contributed by atoms with van der Waals surface area (Å²) in [5, 5.41) is 6.24. The third-order valence-electron chi connectivity index (χ3n) is 2.73. The Morgan fingerprint density at radius 1 is 1.47 bits per heavy atom. The first-order valence-electron chi connectivity index (χ1n) is 6.05. The van der Waals surface area contributed by atoms with Crippen LogP contribution in [0.25, 0.3) is 0 Å². The highest BCUT2D eigenvalue weighted by Gasteiger charge is 2.16. The normalized spacial score (nSPS) is 12.4. The summed E-state index contributed by atoms with van der Waals surface area (Å²) in [6, 6.07) is 3.94. The number of nitrogens with one attached hydrogen (secondary N) is 1. The summed E-state index contributed by atoms with van der Waals surface area (Å²) < 4.78 is 5.12. The van der Waals surface area contributed by atoms with Gasteiger partial charge in [0.2, 0.25) is 5.88 Å². The van der Waals surface area contributed by atoms with Gasteiger partial charge in [0.25, 0.3) is 0 Å². The van der Waals surface area contributed by atoms with E-state index in [0.29, 0.717) is 5.88 Å². The van der Waals surface area contributed by atoms with Gasteiger partial charge in [-0.25, -0.2) is 9.97 Å². The number of rotatable bonds is 6. The number of nitrogens with zero attached hydrogens (tertiary/aromatic N) is 2. The summed E-state index contributed by atoms with van der Waals surface area (Å²) in [5.41, 5.74) is 0.933. The van der Waals surface area contributed by atoms with Crippen molar-refractivity contribution in [1.82, 2.24) is 15.3 Å². The lowest BCUT2D eigenvalue weighted by molar-refractivity contribution is 0.395. The highest BCUT2D eigenvalue weighted by Crippen LogP contribution is 2.30. The van der Waals surface area contributed by atoms with Crippen molar-refractivity contribution in [3.8, 4) is 5.88 Å². The van der Waals surface area contributed by atoms with Gasteiger partial charge in [-0.05, 0) is 18.0 Å². The van der Waals surface area contributed by atoms with Crippen molar-refractivity contribution in [3.63, 3.8) is 0 Å². The molecule has 1 atom stereocenters. The van der Waals surface area contributed by atoms with Gasteiger partial charge in [0, 0.05) is 29.1 Å². The van der Waals surface area contributed by atoms with E-state index in [2.05, 4.69) is 22.2 Å². The first kappa shape index (κ1) is 14.2. The van der Waals surface area contributed by atoms with Crippen molar-refractivity contribution in [2.75, 3.05) is 13.7 Å². The fraction of sp³-hybridized carbons (Fsp3) is 0.385. The van der Waals surface area contributed by atoms with Crippen molar-refractivity contribution in [3.05, 3.63) is 39.4 Å². The van der Waals surface area contributed by atoms with Crippen molar-refractivity contribution in [2.24, 2.45) is 0 Å².